The molecule has 0 amide bonds. The Morgan fingerprint density at radius 1 is 1.28 bits per heavy atom. The molecule has 0 unspecified atom stereocenters. The predicted octanol–water partition coefficient (Wildman–Crippen LogP) is 3.52. The van der Waals surface area contributed by atoms with E-state index in [0.29, 0.717) is 19.0 Å². The first-order valence-electron chi connectivity index (χ1n) is 7.66. The van der Waals surface area contributed by atoms with E-state index in [4.69, 9.17) is 30.2 Å². The van der Waals surface area contributed by atoms with Crippen molar-refractivity contribution in [3.63, 3.8) is 0 Å². The summed E-state index contributed by atoms with van der Waals surface area (Å²) in [5.74, 6) is -0.715. The monoisotopic (exact) mass is 373 g/mol. The number of oxazole rings is 1. The number of rotatable bonds is 7. The quantitative estimate of drug-likeness (QED) is 0.549. The first-order chi connectivity index (χ1) is 11.7. The van der Waals surface area contributed by atoms with Crippen LogP contribution in [-0.2, 0) is 14.9 Å². The van der Waals surface area contributed by atoms with Crippen LogP contribution in [0.25, 0.3) is 5.69 Å². The van der Waals surface area contributed by atoms with Gasteiger partial charge in [0.2, 0.25) is 0 Å². The molecule has 0 bridgehead atoms. The molecule has 6 nitrogen and oxygen atoms in total. The highest BCUT2D eigenvalue weighted by Gasteiger charge is 2.22. The normalized spacial score (nSPS) is 11.8. The molecular formula is C17H21ClFNO5. The summed E-state index contributed by atoms with van der Waals surface area (Å²) in [5, 5.41) is 0.0733. The van der Waals surface area contributed by atoms with Gasteiger partial charge in [-0.25, -0.2) is 13.8 Å². The molecule has 1 aromatic carbocycles. The SMILES string of the molecule is COCCOCOc1cc(-n2cc(C(C)(C)C)oc2=O)c(F)cc1Cl. The van der Waals surface area contributed by atoms with Crippen LogP contribution in [0.3, 0.4) is 0 Å². The van der Waals surface area contributed by atoms with Gasteiger partial charge >= 0.3 is 5.76 Å². The van der Waals surface area contributed by atoms with E-state index >= 15 is 0 Å². The van der Waals surface area contributed by atoms with Gasteiger partial charge in [-0.3, -0.25) is 0 Å². The zero-order valence-corrected chi connectivity index (χ0v) is 15.4. The first kappa shape index (κ1) is 19.5. The summed E-state index contributed by atoms with van der Waals surface area (Å²) in [6.45, 7) is 6.35. The molecule has 0 aliphatic carbocycles. The fourth-order valence-electron chi connectivity index (χ4n) is 1.97. The Bertz CT molecular complexity index is 778. The summed E-state index contributed by atoms with van der Waals surface area (Å²) < 4.78 is 36.0. The van der Waals surface area contributed by atoms with Gasteiger partial charge in [-0.1, -0.05) is 32.4 Å². The van der Waals surface area contributed by atoms with Crippen molar-refractivity contribution >= 4 is 11.6 Å². The Balaban J connectivity index is 2.28. The van der Waals surface area contributed by atoms with Gasteiger partial charge in [-0.05, 0) is 6.07 Å². The van der Waals surface area contributed by atoms with Crippen molar-refractivity contribution in [2.24, 2.45) is 0 Å². The van der Waals surface area contributed by atoms with Gasteiger partial charge in [-0.2, -0.15) is 0 Å². The van der Waals surface area contributed by atoms with E-state index < -0.39 is 11.6 Å². The van der Waals surface area contributed by atoms with Gasteiger partial charge in [0.15, 0.2) is 6.79 Å². The number of halogens is 2. The Morgan fingerprint density at radius 3 is 2.60 bits per heavy atom. The summed E-state index contributed by atoms with van der Waals surface area (Å²) in [6.07, 6.45) is 1.47. The summed E-state index contributed by atoms with van der Waals surface area (Å²) >= 11 is 5.99. The number of hydrogen-bond acceptors (Lipinski definition) is 5. The largest absolute Gasteiger partial charge is 0.466 e. The summed E-state index contributed by atoms with van der Waals surface area (Å²) in [5.41, 5.74) is -0.400. The summed E-state index contributed by atoms with van der Waals surface area (Å²) in [4.78, 5) is 12.1. The van der Waals surface area contributed by atoms with E-state index in [1.54, 1.807) is 7.11 Å². The van der Waals surface area contributed by atoms with Crippen LogP contribution < -0.4 is 10.5 Å². The molecule has 1 heterocycles. The topological polar surface area (TPSA) is 62.8 Å². The predicted molar refractivity (Wildman–Crippen MR) is 91.3 cm³/mol. The summed E-state index contributed by atoms with van der Waals surface area (Å²) in [6, 6.07) is 2.41. The number of aromatic nitrogens is 1. The lowest BCUT2D eigenvalue weighted by Gasteiger charge is -2.13. The van der Waals surface area contributed by atoms with E-state index in [2.05, 4.69) is 0 Å². The minimum atomic E-state index is -0.687. The zero-order chi connectivity index (χ0) is 18.6. The highest BCUT2D eigenvalue weighted by molar-refractivity contribution is 6.32. The molecule has 0 fully saturated rings. The fourth-order valence-corrected chi connectivity index (χ4v) is 2.18. The highest BCUT2D eigenvalue weighted by Crippen LogP contribution is 2.30. The molecule has 2 rings (SSSR count). The number of nitrogens with zero attached hydrogens (tertiary/aromatic N) is 1. The van der Waals surface area contributed by atoms with E-state index in [0.717, 1.165) is 10.6 Å². The van der Waals surface area contributed by atoms with Crippen molar-refractivity contribution in [3.05, 3.63) is 45.5 Å². The van der Waals surface area contributed by atoms with Gasteiger partial charge in [0.1, 0.15) is 17.3 Å². The van der Waals surface area contributed by atoms with Gasteiger partial charge in [0, 0.05) is 18.6 Å². The Kier molecular flexibility index (Phi) is 6.26. The number of ether oxygens (including phenoxy) is 3. The molecule has 0 spiro atoms. The maximum Gasteiger partial charge on any atom is 0.423 e. The highest BCUT2D eigenvalue weighted by atomic mass is 35.5. The van der Waals surface area contributed by atoms with Crippen LogP contribution in [0.4, 0.5) is 4.39 Å². The lowest BCUT2D eigenvalue weighted by molar-refractivity contribution is -0.00845. The average molecular weight is 374 g/mol. The molecule has 0 radical (unpaired) electrons. The van der Waals surface area contributed by atoms with Crippen molar-refractivity contribution in [1.82, 2.24) is 4.57 Å². The Hall–Kier alpha value is -1.83. The minimum Gasteiger partial charge on any atom is -0.466 e. The van der Waals surface area contributed by atoms with Crippen molar-refractivity contribution in [2.75, 3.05) is 27.1 Å². The van der Waals surface area contributed by atoms with Gasteiger partial charge in [-0.15, -0.1) is 0 Å². The van der Waals surface area contributed by atoms with Crippen molar-refractivity contribution in [2.45, 2.75) is 26.2 Å². The molecule has 8 heteroatoms. The summed E-state index contributed by atoms with van der Waals surface area (Å²) in [7, 11) is 1.56. The molecule has 0 saturated heterocycles. The third-order valence-electron chi connectivity index (χ3n) is 3.37. The molecular weight excluding hydrogens is 353 g/mol. The average Bonchev–Trinajstić information content (AvgIpc) is 2.91. The second-order valence-corrected chi connectivity index (χ2v) is 6.79. The van der Waals surface area contributed by atoms with Crippen LogP contribution in [0.2, 0.25) is 5.02 Å². The molecule has 138 valence electrons. The molecule has 0 aliphatic rings. The van der Waals surface area contributed by atoms with Crippen LogP contribution in [0.5, 0.6) is 5.75 Å². The number of methoxy groups -OCH3 is 1. The van der Waals surface area contributed by atoms with E-state index in [9.17, 15) is 9.18 Å². The van der Waals surface area contributed by atoms with E-state index in [1.807, 2.05) is 20.8 Å². The standard InChI is InChI=1S/C17H21ClFNO5/c1-17(2,3)15-9-20(16(21)25-15)13-8-14(11(18)7-12(13)19)24-10-23-6-5-22-4/h7-9H,5-6,10H2,1-4H3. The van der Waals surface area contributed by atoms with Gasteiger partial charge in [0.05, 0.1) is 30.1 Å². The van der Waals surface area contributed by atoms with Crippen molar-refractivity contribution < 1.29 is 23.0 Å². The van der Waals surface area contributed by atoms with Gasteiger partial charge < -0.3 is 18.6 Å². The molecule has 0 atom stereocenters. The van der Waals surface area contributed by atoms with Crippen molar-refractivity contribution in [1.29, 1.82) is 0 Å². The fraction of sp³-hybridized carbons (Fsp3) is 0.471. The molecule has 25 heavy (non-hydrogen) atoms. The first-order valence-corrected chi connectivity index (χ1v) is 8.03. The number of benzene rings is 1. The molecule has 2 aromatic rings. The molecule has 0 saturated carbocycles. The second kappa shape index (κ2) is 8.03. The number of hydrogen-bond donors (Lipinski definition) is 0. The van der Waals surface area contributed by atoms with Crippen LogP contribution in [-0.4, -0.2) is 31.7 Å². The molecule has 0 N–H and O–H groups in total. The maximum absolute atomic E-state index is 14.3. The van der Waals surface area contributed by atoms with Gasteiger partial charge in [0.25, 0.3) is 0 Å². The Morgan fingerprint density at radius 2 is 2.00 bits per heavy atom. The molecule has 0 aliphatic heterocycles. The third-order valence-corrected chi connectivity index (χ3v) is 3.67. The van der Waals surface area contributed by atoms with Crippen LogP contribution in [0.15, 0.2) is 27.5 Å². The second-order valence-electron chi connectivity index (χ2n) is 6.38. The van der Waals surface area contributed by atoms with Crippen molar-refractivity contribution in [3.8, 4) is 11.4 Å². The van der Waals surface area contributed by atoms with Crippen LogP contribution in [0, 0.1) is 5.82 Å². The molecule has 1 aromatic heterocycles. The van der Waals surface area contributed by atoms with E-state index in [1.165, 1.54) is 12.3 Å². The smallest absolute Gasteiger partial charge is 0.423 e. The zero-order valence-electron chi connectivity index (χ0n) is 14.6. The van der Waals surface area contributed by atoms with Crippen LogP contribution in [0.1, 0.15) is 26.5 Å². The lowest BCUT2D eigenvalue weighted by atomic mass is 9.94. The third kappa shape index (κ3) is 4.84. The van der Waals surface area contributed by atoms with E-state index in [-0.39, 0.29) is 28.7 Å². The maximum atomic E-state index is 14.3. The lowest BCUT2D eigenvalue weighted by Crippen LogP contribution is -2.13. The minimum absolute atomic E-state index is 0.0134. The Labute approximate surface area is 150 Å². The van der Waals surface area contributed by atoms with Crippen LogP contribution >= 0.6 is 11.6 Å².